The molecule has 1 aromatic rings. The molecule has 0 aliphatic heterocycles. The average Bonchev–Trinajstić information content (AvgIpc) is 2.07. The van der Waals surface area contributed by atoms with Gasteiger partial charge in [0.25, 0.3) is 0 Å². The van der Waals surface area contributed by atoms with Crippen LogP contribution < -0.4 is 5.73 Å². The monoisotopic (exact) mass is 223 g/mol. The van der Waals surface area contributed by atoms with Crippen LogP contribution in [0, 0.1) is 6.92 Å². The first kappa shape index (κ1) is 11.3. The lowest BCUT2D eigenvalue weighted by molar-refractivity contribution is -0.138. The Bertz CT molecular complexity index is 347. The SMILES string of the molecule is Cc1cc(CN)c(C(F)(F)F)cc1Cl. The fourth-order valence-electron chi connectivity index (χ4n) is 1.17. The maximum Gasteiger partial charge on any atom is 0.416 e. The van der Waals surface area contributed by atoms with E-state index < -0.39 is 11.7 Å². The molecule has 0 unspecified atom stereocenters. The van der Waals surface area contributed by atoms with E-state index >= 15 is 0 Å². The number of rotatable bonds is 1. The maximum absolute atomic E-state index is 12.4. The van der Waals surface area contributed by atoms with Gasteiger partial charge in [-0.3, -0.25) is 0 Å². The first-order valence-electron chi connectivity index (χ1n) is 3.92. The highest BCUT2D eigenvalue weighted by Gasteiger charge is 2.33. The Labute approximate surface area is 84.7 Å². The second-order valence-corrected chi connectivity index (χ2v) is 3.37. The number of alkyl halides is 3. The van der Waals surface area contributed by atoms with Crippen molar-refractivity contribution in [3.8, 4) is 0 Å². The summed E-state index contributed by atoms with van der Waals surface area (Å²) in [5, 5.41) is 0.106. The van der Waals surface area contributed by atoms with Crippen LogP contribution in [0.4, 0.5) is 13.2 Å². The van der Waals surface area contributed by atoms with Crippen LogP contribution in [0.1, 0.15) is 16.7 Å². The minimum absolute atomic E-state index is 0.0689. The standard InChI is InChI=1S/C9H9ClF3N/c1-5-2-6(4-14)7(3-8(5)10)9(11,12)13/h2-3H,4,14H2,1H3. The second kappa shape index (κ2) is 3.79. The number of aryl methyl sites for hydroxylation is 1. The van der Waals surface area contributed by atoms with Gasteiger partial charge in [-0.2, -0.15) is 13.2 Å². The smallest absolute Gasteiger partial charge is 0.326 e. The highest BCUT2D eigenvalue weighted by molar-refractivity contribution is 6.31. The van der Waals surface area contributed by atoms with Gasteiger partial charge in [-0.1, -0.05) is 17.7 Å². The van der Waals surface area contributed by atoms with Crippen molar-refractivity contribution in [1.82, 2.24) is 0 Å². The molecule has 1 rings (SSSR count). The van der Waals surface area contributed by atoms with E-state index in [4.69, 9.17) is 17.3 Å². The molecule has 0 fully saturated rings. The molecule has 1 nitrogen and oxygen atoms in total. The van der Waals surface area contributed by atoms with Crippen LogP contribution in [-0.4, -0.2) is 0 Å². The maximum atomic E-state index is 12.4. The Hall–Kier alpha value is -0.740. The van der Waals surface area contributed by atoms with Crippen LogP contribution in [0.2, 0.25) is 5.02 Å². The predicted octanol–water partition coefficient (Wildman–Crippen LogP) is 3.13. The zero-order chi connectivity index (χ0) is 10.9. The minimum atomic E-state index is -4.40. The van der Waals surface area contributed by atoms with Crippen LogP contribution >= 0.6 is 11.6 Å². The van der Waals surface area contributed by atoms with Crippen LogP contribution in [0.5, 0.6) is 0 Å². The number of hydrogen-bond donors (Lipinski definition) is 1. The topological polar surface area (TPSA) is 26.0 Å². The molecule has 0 aromatic heterocycles. The zero-order valence-electron chi connectivity index (χ0n) is 7.45. The van der Waals surface area contributed by atoms with Crippen LogP contribution in [0.25, 0.3) is 0 Å². The van der Waals surface area contributed by atoms with E-state index in [0.29, 0.717) is 5.56 Å². The van der Waals surface area contributed by atoms with Gasteiger partial charge >= 0.3 is 6.18 Å². The van der Waals surface area contributed by atoms with Gasteiger partial charge < -0.3 is 5.73 Å². The largest absolute Gasteiger partial charge is 0.416 e. The first-order valence-corrected chi connectivity index (χ1v) is 4.30. The van der Waals surface area contributed by atoms with Gasteiger partial charge in [-0.25, -0.2) is 0 Å². The van der Waals surface area contributed by atoms with Crippen molar-refractivity contribution in [2.45, 2.75) is 19.6 Å². The minimum Gasteiger partial charge on any atom is -0.326 e. The van der Waals surface area contributed by atoms with Gasteiger partial charge in [0.05, 0.1) is 5.56 Å². The number of halogens is 4. The molecule has 0 saturated heterocycles. The summed E-state index contributed by atoms with van der Waals surface area (Å²) in [6, 6.07) is 2.28. The third kappa shape index (κ3) is 2.19. The number of nitrogens with two attached hydrogens (primary N) is 1. The molecule has 0 bridgehead atoms. The molecule has 0 atom stereocenters. The number of benzene rings is 1. The van der Waals surface area contributed by atoms with Crippen molar-refractivity contribution in [3.63, 3.8) is 0 Å². The molecule has 0 amide bonds. The second-order valence-electron chi connectivity index (χ2n) is 2.96. The van der Waals surface area contributed by atoms with E-state index in [-0.39, 0.29) is 17.1 Å². The summed E-state index contributed by atoms with van der Waals surface area (Å²) in [4.78, 5) is 0. The van der Waals surface area contributed by atoms with E-state index in [0.717, 1.165) is 6.07 Å². The fourth-order valence-corrected chi connectivity index (χ4v) is 1.34. The van der Waals surface area contributed by atoms with Crippen LogP contribution in [-0.2, 0) is 12.7 Å². The molecule has 2 N–H and O–H groups in total. The van der Waals surface area contributed by atoms with Crippen molar-refractivity contribution in [2.24, 2.45) is 5.73 Å². The molecule has 14 heavy (non-hydrogen) atoms. The molecular weight excluding hydrogens is 215 g/mol. The Morgan fingerprint density at radius 2 is 1.93 bits per heavy atom. The molecule has 0 spiro atoms. The van der Waals surface area contributed by atoms with Gasteiger partial charge in [0.1, 0.15) is 0 Å². The van der Waals surface area contributed by atoms with Gasteiger partial charge in [0.2, 0.25) is 0 Å². The molecule has 0 saturated carbocycles. The summed E-state index contributed by atoms with van der Waals surface area (Å²) < 4.78 is 37.3. The quantitative estimate of drug-likeness (QED) is 0.778. The van der Waals surface area contributed by atoms with Gasteiger partial charge in [-0.15, -0.1) is 0 Å². The fraction of sp³-hybridized carbons (Fsp3) is 0.333. The van der Waals surface area contributed by atoms with Gasteiger partial charge in [-0.05, 0) is 24.1 Å². The van der Waals surface area contributed by atoms with E-state index in [1.807, 2.05) is 0 Å². The molecule has 78 valence electrons. The van der Waals surface area contributed by atoms with E-state index in [1.165, 1.54) is 6.07 Å². The van der Waals surface area contributed by atoms with Crippen molar-refractivity contribution in [3.05, 3.63) is 33.8 Å². The Morgan fingerprint density at radius 1 is 1.36 bits per heavy atom. The van der Waals surface area contributed by atoms with Crippen molar-refractivity contribution in [2.75, 3.05) is 0 Å². The Balaban J connectivity index is 3.35. The Morgan fingerprint density at radius 3 is 2.36 bits per heavy atom. The van der Waals surface area contributed by atoms with E-state index in [1.54, 1.807) is 6.92 Å². The summed E-state index contributed by atoms with van der Waals surface area (Å²) >= 11 is 5.61. The van der Waals surface area contributed by atoms with Crippen LogP contribution in [0.15, 0.2) is 12.1 Å². The lowest BCUT2D eigenvalue weighted by Gasteiger charge is -2.13. The molecule has 0 heterocycles. The predicted molar refractivity (Wildman–Crippen MR) is 49.1 cm³/mol. The summed E-state index contributed by atoms with van der Waals surface area (Å²) in [5.74, 6) is 0. The molecule has 0 aliphatic carbocycles. The van der Waals surface area contributed by atoms with Gasteiger partial charge in [0.15, 0.2) is 0 Å². The molecule has 0 aliphatic rings. The van der Waals surface area contributed by atoms with E-state index in [2.05, 4.69) is 0 Å². The first-order chi connectivity index (χ1) is 6.36. The molecule has 1 aromatic carbocycles. The van der Waals surface area contributed by atoms with Crippen molar-refractivity contribution >= 4 is 11.6 Å². The summed E-state index contributed by atoms with van der Waals surface area (Å²) in [6.07, 6.45) is -4.40. The lowest BCUT2D eigenvalue weighted by atomic mass is 10.0. The van der Waals surface area contributed by atoms with Gasteiger partial charge in [0, 0.05) is 11.6 Å². The lowest BCUT2D eigenvalue weighted by Crippen LogP contribution is -2.12. The van der Waals surface area contributed by atoms with E-state index in [9.17, 15) is 13.2 Å². The highest BCUT2D eigenvalue weighted by Crippen LogP contribution is 2.34. The zero-order valence-corrected chi connectivity index (χ0v) is 8.21. The third-order valence-corrected chi connectivity index (χ3v) is 2.32. The number of hydrogen-bond acceptors (Lipinski definition) is 1. The summed E-state index contributed by atoms with van der Waals surface area (Å²) in [6.45, 7) is 1.49. The Kier molecular flexibility index (Phi) is 3.07. The molecular formula is C9H9ClF3N. The molecule has 0 radical (unpaired) electrons. The summed E-state index contributed by atoms with van der Waals surface area (Å²) in [7, 11) is 0. The normalized spacial score (nSPS) is 11.9. The molecule has 5 heteroatoms. The highest BCUT2D eigenvalue weighted by atomic mass is 35.5. The van der Waals surface area contributed by atoms with Crippen molar-refractivity contribution in [1.29, 1.82) is 0 Å². The summed E-state index contributed by atoms with van der Waals surface area (Å²) in [5.41, 5.74) is 5.14. The van der Waals surface area contributed by atoms with Crippen LogP contribution in [0.3, 0.4) is 0 Å². The third-order valence-electron chi connectivity index (χ3n) is 1.91. The average molecular weight is 224 g/mol. The van der Waals surface area contributed by atoms with Crippen molar-refractivity contribution < 1.29 is 13.2 Å².